The quantitative estimate of drug-likeness (QED) is 0.177. The molecule has 0 bridgehead atoms. The van der Waals surface area contributed by atoms with Gasteiger partial charge in [-0.05, 0) is 25.7 Å². The molecule has 0 aliphatic carbocycles. The molecule has 0 atom stereocenters. The maximum absolute atomic E-state index is 12.0. The van der Waals surface area contributed by atoms with E-state index < -0.39 is 5.97 Å². The summed E-state index contributed by atoms with van der Waals surface area (Å²) < 4.78 is 10.8. The van der Waals surface area contributed by atoms with Crippen LogP contribution in [0.5, 0.6) is 0 Å². The zero-order valence-electron chi connectivity index (χ0n) is 19.3. The van der Waals surface area contributed by atoms with E-state index >= 15 is 0 Å². The van der Waals surface area contributed by atoms with E-state index in [0.29, 0.717) is 32.1 Å². The predicted octanol–water partition coefficient (Wildman–Crippen LogP) is 6.06. The van der Waals surface area contributed by atoms with Gasteiger partial charge < -0.3 is 14.6 Å². The van der Waals surface area contributed by atoms with E-state index in [9.17, 15) is 14.4 Å². The number of carboxylic acids is 1. The van der Waals surface area contributed by atoms with Gasteiger partial charge >= 0.3 is 17.9 Å². The first-order valence-corrected chi connectivity index (χ1v) is 12.0. The highest BCUT2D eigenvalue weighted by atomic mass is 16.5. The molecule has 0 saturated heterocycles. The Morgan fingerprint density at radius 1 is 0.633 bits per heavy atom. The van der Waals surface area contributed by atoms with Crippen LogP contribution < -0.4 is 0 Å². The van der Waals surface area contributed by atoms with Gasteiger partial charge in [-0.2, -0.15) is 0 Å². The normalized spacial score (nSPS) is 10.9. The number of carbonyl (C=O) groups is 3. The van der Waals surface area contributed by atoms with Gasteiger partial charge in [0.1, 0.15) is 0 Å². The van der Waals surface area contributed by atoms with Crippen molar-refractivity contribution in [3.05, 3.63) is 0 Å². The van der Waals surface area contributed by atoms with Gasteiger partial charge in [0.05, 0.1) is 13.2 Å². The lowest BCUT2D eigenvalue weighted by atomic mass is 10.0. The summed E-state index contributed by atoms with van der Waals surface area (Å²) in [6.07, 6.45) is 13.7. The van der Waals surface area contributed by atoms with Crippen LogP contribution >= 0.6 is 0 Å². The standard InChI is InChI=1S/C24H44O6/c1-3-5-7-9-11-17-23(27)29-19-21(15-13-14-16-22(25)26)20-30-24(28)18-12-10-8-6-4-2/h21H,3-20H2,1-2H3,(H,25,26). The maximum Gasteiger partial charge on any atom is 0.305 e. The van der Waals surface area contributed by atoms with Gasteiger partial charge in [0.25, 0.3) is 0 Å². The van der Waals surface area contributed by atoms with Crippen LogP contribution in [0, 0.1) is 5.92 Å². The zero-order valence-corrected chi connectivity index (χ0v) is 19.3. The van der Waals surface area contributed by atoms with Crippen LogP contribution in [0.1, 0.15) is 117 Å². The molecule has 0 aliphatic heterocycles. The average molecular weight is 429 g/mol. The first-order valence-electron chi connectivity index (χ1n) is 12.0. The van der Waals surface area contributed by atoms with Gasteiger partial charge in [0.15, 0.2) is 0 Å². The van der Waals surface area contributed by atoms with Crippen molar-refractivity contribution < 1.29 is 29.0 Å². The highest BCUT2D eigenvalue weighted by Crippen LogP contribution is 2.14. The molecule has 0 aromatic rings. The predicted molar refractivity (Wildman–Crippen MR) is 118 cm³/mol. The average Bonchev–Trinajstić information content (AvgIpc) is 2.72. The van der Waals surface area contributed by atoms with E-state index in [-0.39, 0.29) is 37.5 Å². The van der Waals surface area contributed by atoms with Gasteiger partial charge in [-0.1, -0.05) is 71.6 Å². The van der Waals surface area contributed by atoms with Crippen LogP contribution in [0.4, 0.5) is 0 Å². The lowest BCUT2D eigenvalue weighted by molar-refractivity contribution is -0.149. The molecule has 0 spiro atoms. The van der Waals surface area contributed by atoms with Crippen molar-refractivity contribution in [1.82, 2.24) is 0 Å². The summed E-state index contributed by atoms with van der Waals surface area (Å²) in [6.45, 7) is 4.77. The second-order valence-electron chi connectivity index (χ2n) is 8.20. The summed E-state index contributed by atoms with van der Waals surface area (Å²) in [5.41, 5.74) is 0. The third kappa shape index (κ3) is 19.7. The number of unbranched alkanes of at least 4 members (excludes halogenated alkanes) is 9. The van der Waals surface area contributed by atoms with Crippen molar-refractivity contribution in [2.45, 2.75) is 117 Å². The van der Waals surface area contributed by atoms with E-state index in [0.717, 1.165) is 38.5 Å². The molecule has 0 amide bonds. The molecule has 0 saturated carbocycles. The van der Waals surface area contributed by atoms with Crippen molar-refractivity contribution >= 4 is 17.9 Å². The molecule has 0 heterocycles. The molecule has 176 valence electrons. The fraction of sp³-hybridized carbons (Fsp3) is 0.875. The minimum atomic E-state index is -0.810. The van der Waals surface area contributed by atoms with E-state index in [2.05, 4.69) is 13.8 Å². The molecule has 0 aliphatic rings. The largest absolute Gasteiger partial charge is 0.481 e. The van der Waals surface area contributed by atoms with Crippen LogP contribution in [0.2, 0.25) is 0 Å². The van der Waals surface area contributed by atoms with Crippen molar-refractivity contribution in [2.24, 2.45) is 5.92 Å². The topological polar surface area (TPSA) is 89.9 Å². The fourth-order valence-corrected chi connectivity index (χ4v) is 3.24. The Kier molecular flexibility index (Phi) is 19.6. The maximum atomic E-state index is 12.0. The molecule has 1 N–H and O–H groups in total. The van der Waals surface area contributed by atoms with Gasteiger partial charge in [0.2, 0.25) is 0 Å². The summed E-state index contributed by atoms with van der Waals surface area (Å²) in [5.74, 6) is -1.30. The highest BCUT2D eigenvalue weighted by Gasteiger charge is 2.15. The fourth-order valence-electron chi connectivity index (χ4n) is 3.24. The number of esters is 2. The molecular weight excluding hydrogens is 384 g/mol. The second kappa shape index (κ2) is 20.7. The van der Waals surface area contributed by atoms with Crippen molar-refractivity contribution in [3.63, 3.8) is 0 Å². The number of hydrogen-bond acceptors (Lipinski definition) is 5. The Morgan fingerprint density at radius 3 is 1.50 bits per heavy atom. The first-order chi connectivity index (χ1) is 14.5. The van der Waals surface area contributed by atoms with E-state index in [1.165, 1.54) is 25.7 Å². The smallest absolute Gasteiger partial charge is 0.305 e. The summed E-state index contributed by atoms with van der Waals surface area (Å²) in [7, 11) is 0. The van der Waals surface area contributed by atoms with Gasteiger partial charge in [-0.25, -0.2) is 0 Å². The Balaban J connectivity index is 4.18. The van der Waals surface area contributed by atoms with Crippen molar-refractivity contribution in [2.75, 3.05) is 13.2 Å². The third-order valence-electron chi connectivity index (χ3n) is 5.18. The van der Waals surface area contributed by atoms with Crippen LogP contribution in [0.3, 0.4) is 0 Å². The van der Waals surface area contributed by atoms with Crippen LogP contribution in [0.15, 0.2) is 0 Å². The molecule has 6 nitrogen and oxygen atoms in total. The third-order valence-corrected chi connectivity index (χ3v) is 5.18. The molecule has 0 aromatic carbocycles. The molecular formula is C24H44O6. The SMILES string of the molecule is CCCCCCCC(=O)OCC(CCCCC(=O)O)COC(=O)CCCCCCC. The Hall–Kier alpha value is -1.59. The lowest BCUT2D eigenvalue weighted by Gasteiger charge is -2.17. The van der Waals surface area contributed by atoms with Gasteiger partial charge in [0, 0.05) is 25.2 Å². The molecule has 0 rings (SSSR count). The van der Waals surface area contributed by atoms with E-state index in [4.69, 9.17) is 14.6 Å². The monoisotopic (exact) mass is 428 g/mol. The second-order valence-corrected chi connectivity index (χ2v) is 8.20. The Labute approximate surface area is 183 Å². The minimum absolute atomic E-state index is 0.0770. The van der Waals surface area contributed by atoms with Crippen LogP contribution in [-0.2, 0) is 23.9 Å². The van der Waals surface area contributed by atoms with Gasteiger partial charge in [-0.15, -0.1) is 0 Å². The number of rotatable bonds is 21. The number of ether oxygens (including phenoxy) is 2. The Bertz CT molecular complexity index is 419. The van der Waals surface area contributed by atoms with E-state index in [1.807, 2.05) is 0 Å². The number of carboxylic acid groups (broad SMARTS) is 1. The molecule has 0 radical (unpaired) electrons. The summed E-state index contributed by atoms with van der Waals surface area (Å²) >= 11 is 0. The lowest BCUT2D eigenvalue weighted by Crippen LogP contribution is -2.21. The Morgan fingerprint density at radius 2 is 1.07 bits per heavy atom. The summed E-state index contributed by atoms with van der Waals surface area (Å²) in [5, 5.41) is 8.77. The number of carbonyl (C=O) groups excluding carboxylic acids is 2. The highest BCUT2D eigenvalue weighted by molar-refractivity contribution is 5.69. The number of aliphatic carboxylic acids is 1. The minimum Gasteiger partial charge on any atom is -0.481 e. The molecule has 0 aromatic heterocycles. The van der Waals surface area contributed by atoms with Gasteiger partial charge in [-0.3, -0.25) is 14.4 Å². The van der Waals surface area contributed by atoms with E-state index in [1.54, 1.807) is 0 Å². The summed E-state index contributed by atoms with van der Waals surface area (Å²) in [4.78, 5) is 34.6. The van der Waals surface area contributed by atoms with Crippen LogP contribution in [0.25, 0.3) is 0 Å². The first kappa shape index (κ1) is 28.4. The van der Waals surface area contributed by atoms with Crippen molar-refractivity contribution in [1.29, 1.82) is 0 Å². The molecule has 30 heavy (non-hydrogen) atoms. The molecule has 6 heteroatoms. The summed E-state index contributed by atoms with van der Waals surface area (Å²) in [6, 6.07) is 0. The zero-order chi connectivity index (χ0) is 22.5. The molecule has 0 fully saturated rings. The van der Waals surface area contributed by atoms with Crippen LogP contribution in [-0.4, -0.2) is 36.2 Å². The molecule has 0 unspecified atom stereocenters. The van der Waals surface area contributed by atoms with Crippen molar-refractivity contribution in [3.8, 4) is 0 Å². The number of hydrogen-bond donors (Lipinski definition) is 1.